The maximum atomic E-state index is 12.2. The van der Waals surface area contributed by atoms with E-state index in [0.717, 1.165) is 44.0 Å². The Morgan fingerprint density at radius 3 is 2.33 bits per heavy atom. The number of aromatic nitrogens is 2. The predicted octanol–water partition coefficient (Wildman–Crippen LogP) is 4.73. The summed E-state index contributed by atoms with van der Waals surface area (Å²) in [5, 5.41) is 13.1. The van der Waals surface area contributed by atoms with Crippen LogP contribution < -0.4 is 29.2 Å². The first-order valence-corrected chi connectivity index (χ1v) is 14.5. The summed E-state index contributed by atoms with van der Waals surface area (Å²) in [5.74, 6) is 2.79. The van der Waals surface area contributed by atoms with E-state index in [-0.39, 0.29) is 18.3 Å². The minimum atomic E-state index is -1.17. The van der Waals surface area contributed by atoms with Crippen molar-refractivity contribution in [2.24, 2.45) is 0 Å². The second kappa shape index (κ2) is 15.8. The lowest BCUT2D eigenvalue weighted by Crippen LogP contribution is -2.46. The molecule has 12 heteroatoms. The molecule has 0 bridgehead atoms. The smallest absolute Gasteiger partial charge is 0.413 e. The van der Waals surface area contributed by atoms with E-state index < -0.39 is 6.09 Å². The highest BCUT2D eigenvalue weighted by atomic mass is 16.5. The molecule has 12 nitrogen and oxygen atoms in total. The molecule has 3 aromatic rings. The Morgan fingerprint density at radius 1 is 0.930 bits per heavy atom. The number of piperazine rings is 1. The standard InChI is InChI=1S/C31H42N6O6/c1-5-13-35-15-17-36(18-16-35)14-6-19-43-27-9-7-24(21-28(27)42-4)33-30-32-12-11-29(34-30)37(31(38)39)22-23-20-25(40-2)8-10-26(23)41-3/h7-12,20-21H,5-6,13-19,22H2,1-4H3,(H,38,39)(H,32,33,34). The average molecular weight is 595 g/mol. The molecular formula is C31H42N6O6. The van der Waals surface area contributed by atoms with E-state index in [2.05, 4.69) is 32.0 Å². The van der Waals surface area contributed by atoms with E-state index in [0.29, 0.717) is 40.9 Å². The second-order valence-electron chi connectivity index (χ2n) is 10.2. The van der Waals surface area contributed by atoms with Gasteiger partial charge in [0.2, 0.25) is 5.95 Å². The molecule has 1 fully saturated rings. The molecule has 2 N–H and O–H groups in total. The number of methoxy groups -OCH3 is 3. The van der Waals surface area contributed by atoms with Crippen LogP contribution in [0.3, 0.4) is 0 Å². The van der Waals surface area contributed by atoms with E-state index >= 15 is 0 Å². The maximum Gasteiger partial charge on any atom is 0.413 e. The molecule has 1 aliphatic rings. The van der Waals surface area contributed by atoms with Gasteiger partial charge in [-0.25, -0.2) is 9.78 Å². The second-order valence-corrected chi connectivity index (χ2v) is 10.2. The van der Waals surface area contributed by atoms with Crippen LogP contribution in [0.15, 0.2) is 48.7 Å². The summed E-state index contributed by atoms with van der Waals surface area (Å²) in [4.78, 5) is 27.1. The minimum absolute atomic E-state index is 0.00107. The summed E-state index contributed by atoms with van der Waals surface area (Å²) in [7, 11) is 4.68. The van der Waals surface area contributed by atoms with Crippen molar-refractivity contribution in [1.29, 1.82) is 0 Å². The molecule has 0 spiro atoms. The van der Waals surface area contributed by atoms with Gasteiger partial charge in [-0.3, -0.25) is 4.90 Å². The van der Waals surface area contributed by atoms with E-state index in [1.165, 1.54) is 32.3 Å². The van der Waals surface area contributed by atoms with Crippen molar-refractivity contribution in [3.8, 4) is 23.0 Å². The lowest BCUT2D eigenvalue weighted by molar-refractivity contribution is 0.126. The van der Waals surface area contributed by atoms with Gasteiger partial charge in [0.05, 0.1) is 34.5 Å². The summed E-state index contributed by atoms with van der Waals surface area (Å²) >= 11 is 0. The minimum Gasteiger partial charge on any atom is -0.497 e. The van der Waals surface area contributed by atoms with Crippen molar-refractivity contribution in [1.82, 2.24) is 19.8 Å². The fourth-order valence-corrected chi connectivity index (χ4v) is 5.00. The molecule has 1 aromatic heterocycles. The SMILES string of the molecule is CCCN1CCN(CCCOc2ccc(Nc3nccc(N(Cc4cc(OC)ccc4OC)C(=O)O)n3)cc2OC)CC1. The van der Waals surface area contributed by atoms with E-state index in [4.69, 9.17) is 18.9 Å². The number of nitrogens with one attached hydrogen (secondary N) is 1. The zero-order chi connectivity index (χ0) is 30.6. The Kier molecular flexibility index (Phi) is 11.6. The molecule has 0 aliphatic carbocycles. The molecule has 0 radical (unpaired) electrons. The van der Waals surface area contributed by atoms with Crippen LogP contribution >= 0.6 is 0 Å². The Labute approximate surface area is 253 Å². The van der Waals surface area contributed by atoms with Gasteiger partial charge < -0.3 is 39.2 Å². The van der Waals surface area contributed by atoms with Crippen LogP contribution in [-0.2, 0) is 6.54 Å². The molecule has 2 aromatic carbocycles. The fourth-order valence-electron chi connectivity index (χ4n) is 5.00. The number of anilines is 3. The van der Waals surface area contributed by atoms with Gasteiger partial charge in [0.15, 0.2) is 11.5 Å². The first-order chi connectivity index (χ1) is 20.9. The largest absolute Gasteiger partial charge is 0.497 e. The molecule has 4 rings (SSSR count). The zero-order valence-corrected chi connectivity index (χ0v) is 25.4. The van der Waals surface area contributed by atoms with Crippen LogP contribution in [0, 0.1) is 0 Å². The molecule has 1 aliphatic heterocycles. The topological polar surface area (TPSA) is 122 Å². The first kappa shape index (κ1) is 31.6. The molecule has 0 atom stereocenters. The molecule has 1 saturated heterocycles. The van der Waals surface area contributed by atoms with Crippen molar-refractivity contribution >= 4 is 23.5 Å². The number of carbonyl (C=O) groups is 1. The van der Waals surface area contributed by atoms with Gasteiger partial charge in [0, 0.05) is 56.2 Å². The Morgan fingerprint density at radius 2 is 1.65 bits per heavy atom. The van der Waals surface area contributed by atoms with Gasteiger partial charge in [0.25, 0.3) is 0 Å². The number of carboxylic acid groups (broad SMARTS) is 1. The quantitative estimate of drug-likeness (QED) is 0.238. The van der Waals surface area contributed by atoms with Gasteiger partial charge in [-0.1, -0.05) is 6.92 Å². The van der Waals surface area contributed by atoms with Gasteiger partial charge in [-0.2, -0.15) is 4.98 Å². The Balaban J connectivity index is 1.36. The maximum absolute atomic E-state index is 12.2. The van der Waals surface area contributed by atoms with Crippen LogP contribution in [0.25, 0.3) is 0 Å². The van der Waals surface area contributed by atoms with Gasteiger partial charge in [-0.15, -0.1) is 0 Å². The van der Waals surface area contributed by atoms with E-state index in [1.807, 2.05) is 12.1 Å². The van der Waals surface area contributed by atoms with Crippen molar-refractivity contribution in [3.05, 3.63) is 54.2 Å². The van der Waals surface area contributed by atoms with Crippen molar-refractivity contribution in [2.45, 2.75) is 26.3 Å². The molecule has 0 unspecified atom stereocenters. The summed E-state index contributed by atoms with van der Waals surface area (Å²) in [5.41, 5.74) is 1.30. The van der Waals surface area contributed by atoms with Crippen LogP contribution in [0.5, 0.6) is 23.0 Å². The van der Waals surface area contributed by atoms with E-state index in [1.54, 1.807) is 38.5 Å². The monoisotopic (exact) mass is 594 g/mol. The molecule has 2 heterocycles. The van der Waals surface area contributed by atoms with Crippen LogP contribution in [0.4, 0.5) is 22.2 Å². The van der Waals surface area contributed by atoms with Crippen LogP contribution in [0.1, 0.15) is 25.3 Å². The summed E-state index contributed by atoms with van der Waals surface area (Å²) in [6.07, 6.45) is 2.46. The fraction of sp³-hybridized carbons (Fsp3) is 0.452. The number of ether oxygens (including phenoxy) is 4. The third kappa shape index (κ3) is 8.85. The molecule has 1 amide bonds. The zero-order valence-electron chi connectivity index (χ0n) is 25.4. The van der Waals surface area contributed by atoms with Gasteiger partial charge in [0.1, 0.15) is 17.3 Å². The molecular weight excluding hydrogens is 552 g/mol. The predicted molar refractivity (Wildman–Crippen MR) is 165 cm³/mol. The number of amides is 1. The highest BCUT2D eigenvalue weighted by Crippen LogP contribution is 2.32. The number of nitrogens with zero attached hydrogens (tertiary/aromatic N) is 5. The molecule has 0 saturated carbocycles. The molecule has 232 valence electrons. The normalized spacial score (nSPS) is 13.8. The van der Waals surface area contributed by atoms with E-state index in [9.17, 15) is 9.90 Å². The number of hydrogen-bond donors (Lipinski definition) is 2. The van der Waals surface area contributed by atoms with Crippen LogP contribution in [0.2, 0.25) is 0 Å². The van der Waals surface area contributed by atoms with Crippen LogP contribution in [-0.4, -0.2) is 98.2 Å². The van der Waals surface area contributed by atoms with Gasteiger partial charge in [-0.05, 0) is 55.8 Å². The van der Waals surface area contributed by atoms with Crippen molar-refractivity contribution < 1.29 is 28.8 Å². The summed E-state index contributed by atoms with van der Waals surface area (Å²) < 4.78 is 22.3. The lowest BCUT2D eigenvalue weighted by Gasteiger charge is -2.34. The Hall–Kier alpha value is -4.29. The third-order valence-corrected chi connectivity index (χ3v) is 7.27. The third-order valence-electron chi connectivity index (χ3n) is 7.27. The molecule has 43 heavy (non-hydrogen) atoms. The van der Waals surface area contributed by atoms with Gasteiger partial charge >= 0.3 is 6.09 Å². The lowest BCUT2D eigenvalue weighted by atomic mass is 10.1. The average Bonchev–Trinajstić information content (AvgIpc) is 3.03. The Bertz CT molecular complexity index is 1330. The highest BCUT2D eigenvalue weighted by molar-refractivity contribution is 5.85. The number of hydrogen-bond acceptors (Lipinski definition) is 10. The van der Waals surface area contributed by atoms with Crippen molar-refractivity contribution in [3.63, 3.8) is 0 Å². The first-order valence-electron chi connectivity index (χ1n) is 14.5. The van der Waals surface area contributed by atoms with Crippen molar-refractivity contribution in [2.75, 3.05) is 77.4 Å². The number of benzene rings is 2. The summed E-state index contributed by atoms with van der Waals surface area (Å²) in [6.45, 7) is 9.48. The highest BCUT2D eigenvalue weighted by Gasteiger charge is 2.20. The summed E-state index contributed by atoms with van der Waals surface area (Å²) in [6, 6.07) is 12.2. The number of rotatable bonds is 15.